The van der Waals surface area contributed by atoms with Gasteiger partial charge in [-0.1, -0.05) is 20.8 Å². The number of fused-ring (bicyclic) bond motifs is 1. The molecule has 0 amide bonds. The fourth-order valence-electron chi connectivity index (χ4n) is 2.34. The van der Waals surface area contributed by atoms with Crippen molar-refractivity contribution < 1.29 is 13.9 Å². The topological polar surface area (TPSA) is 29.5 Å². The van der Waals surface area contributed by atoms with E-state index in [1.54, 1.807) is 6.07 Å². The van der Waals surface area contributed by atoms with Crippen LogP contribution in [0.1, 0.15) is 31.9 Å². The number of hydrogen-bond donors (Lipinski definition) is 1. The summed E-state index contributed by atoms with van der Waals surface area (Å²) in [5, 5.41) is 9.64. The Labute approximate surface area is 116 Å². The van der Waals surface area contributed by atoms with Gasteiger partial charge in [-0.15, -0.1) is 0 Å². The number of phenols is 1. The second-order valence-corrected chi connectivity index (χ2v) is 9.36. The van der Waals surface area contributed by atoms with Gasteiger partial charge in [0.1, 0.15) is 11.6 Å². The maximum Gasteiger partial charge on any atom is 0.213 e. The van der Waals surface area contributed by atoms with Gasteiger partial charge in [0.05, 0.1) is 0 Å². The second kappa shape index (κ2) is 5.25. The number of rotatable bonds is 3. The van der Waals surface area contributed by atoms with E-state index in [1.807, 2.05) is 0 Å². The Morgan fingerprint density at radius 3 is 2.68 bits per heavy atom. The maximum atomic E-state index is 13.7. The molecule has 0 spiro atoms. The molecule has 0 bridgehead atoms. The van der Waals surface area contributed by atoms with Crippen molar-refractivity contribution in [2.24, 2.45) is 5.92 Å². The summed E-state index contributed by atoms with van der Waals surface area (Å²) in [7, 11) is -0.840. The minimum Gasteiger partial charge on any atom is -0.508 e. The largest absolute Gasteiger partial charge is 0.508 e. The second-order valence-electron chi connectivity index (χ2n) is 6.46. The summed E-state index contributed by atoms with van der Waals surface area (Å²) in [5.74, 6) is 0.0803. The molecule has 0 fully saturated rings. The number of halogens is 1. The molecule has 1 atom stereocenters. The van der Waals surface area contributed by atoms with Gasteiger partial charge in [-0.3, -0.25) is 0 Å². The molecule has 19 heavy (non-hydrogen) atoms. The molecule has 2 rings (SSSR count). The van der Waals surface area contributed by atoms with Crippen LogP contribution in [0.4, 0.5) is 4.39 Å². The molecule has 105 valence electrons. The van der Waals surface area contributed by atoms with Crippen LogP contribution in [0.5, 0.6) is 5.75 Å². The van der Waals surface area contributed by atoms with Crippen LogP contribution in [0.15, 0.2) is 12.1 Å². The lowest BCUT2D eigenvalue weighted by atomic mass is 10.1. The Hall–Kier alpha value is -0.873. The molecule has 0 aliphatic heterocycles. The fraction of sp³-hybridized carbons (Fsp3) is 0.600. The standard InChI is InChI=1S/C15H22FO2Si/c1-15(2,3)19(4)18-9-10-5-11-7-12(17)8-14(16)13(11)6-10/h7-8,10,17H,5-6,9H2,1-4H3. The van der Waals surface area contributed by atoms with Crippen molar-refractivity contribution in [3.63, 3.8) is 0 Å². The van der Waals surface area contributed by atoms with E-state index in [0.29, 0.717) is 12.5 Å². The summed E-state index contributed by atoms with van der Waals surface area (Å²) in [4.78, 5) is 0. The number of aromatic hydroxyl groups is 1. The summed E-state index contributed by atoms with van der Waals surface area (Å²) < 4.78 is 19.7. The third-order valence-electron chi connectivity index (χ3n) is 3.87. The highest BCUT2D eigenvalue weighted by atomic mass is 28.3. The van der Waals surface area contributed by atoms with Crippen molar-refractivity contribution in [3.8, 4) is 5.75 Å². The first-order valence-electron chi connectivity index (χ1n) is 6.74. The van der Waals surface area contributed by atoms with Crippen LogP contribution in [0.25, 0.3) is 0 Å². The number of hydrogen-bond acceptors (Lipinski definition) is 2. The molecule has 1 unspecified atom stereocenters. The van der Waals surface area contributed by atoms with Crippen LogP contribution in [0.3, 0.4) is 0 Å². The van der Waals surface area contributed by atoms with Gasteiger partial charge in [-0.05, 0) is 47.5 Å². The quantitative estimate of drug-likeness (QED) is 0.856. The van der Waals surface area contributed by atoms with Crippen molar-refractivity contribution in [1.82, 2.24) is 0 Å². The zero-order chi connectivity index (χ0) is 14.2. The van der Waals surface area contributed by atoms with Gasteiger partial charge in [-0.25, -0.2) is 4.39 Å². The molecule has 0 aromatic heterocycles. The predicted molar refractivity (Wildman–Crippen MR) is 76.2 cm³/mol. The Kier molecular flexibility index (Phi) is 4.02. The van der Waals surface area contributed by atoms with Gasteiger partial charge in [-0.2, -0.15) is 0 Å². The molecule has 1 aromatic rings. The normalized spacial score (nSPS) is 18.9. The van der Waals surface area contributed by atoms with Crippen molar-refractivity contribution in [2.75, 3.05) is 6.61 Å². The molecule has 1 radical (unpaired) electrons. The summed E-state index contributed by atoms with van der Waals surface area (Å²) >= 11 is 0. The molecular formula is C15H22FO2Si. The number of benzene rings is 1. The van der Waals surface area contributed by atoms with Gasteiger partial charge >= 0.3 is 0 Å². The van der Waals surface area contributed by atoms with Crippen LogP contribution < -0.4 is 0 Å². The van der Waals surface area contributed by atoms with E-state index in [9.17, 15) is 9.50 Å². The Balaban J connectivity index is 1.96. The monoisotopic (exact) mass is 281 g/mol. The molecule has 1 aromatic carbocycles. The Morgan fingerprint density at radius 1 is 1.37 bits per heavy atom. The van der Waals surface area contributed by atoms with Gasteiger partial charge < -0.3 is 9.53 Å². The first-order valence-corrected chi connectivity index (χ1v) is 8.65. The van der Waals surface area contributed by atoms with Gasteiger partial charge in [0.2, 0.25) is 9.04 Å². The van der Waals surface area contributed by atoms with E-state index in [2.05, 4.69) is 27.3 Å². The minimum atomic E-state index is -0.840. The molecule has 0 heterocycles. The highest BCUT2D eigenvalue weighted by Crippen LogP contribution is 2.33. The zero-order valence-electron chi connectivity index (χ0n) is 12.1. The molecule has 0 saturated heterocycles. The van der Waals surface area contributed by atoms with Crippen molar-refractivity contribution in [3.05, 3.63) is 29.1 Å². The molecule has 4 heteroatoms. The lowest BCUT2D eigenvalue weighted by Crippen LogP contribution is -2.28. The third-order valence-corrected chi connectivity index (χ3v) is 6.58. The van der Waals surface area contributed by atoms with E-state index in [4.69, 9.17) is 4.43 Å². The Bertz CT molecular complexity index is 468. The minimum absolute atomic E-state index is 0.0211. The number of phenolic OH excluding ortho intramolecular Hbond substituents is 1. The highest BCUT2D eigenvalue weighted by Gasteiger charge is 2.29. The van der Waals surface area contributed by atoms with E-state index >= 15 is 0 Å². The average molecular weight is 281 g/mol. The lowest BCUT2D eigenvalue weighted by Gasteiger charge is -2.26. The molecular weight excluding hydrogens is 259 g/mol. The molecule has 1 aliphatic carbocycles. The summed E-state index contributed by atoms with van der Waals surface area (Å²) in [5.41, 5.74) is 1.69. The average Bonchev–Trinajstić information content (AvgIpc) is 2.67. The molecule has 2 nitrogen and oxygen atoms in total. The van der Waals surface area contributed by atoms with Crippen molar-refractivity contribution >= 4 is 9.04 Å². The van der Waals surface area contributed by atoms with Crippen LogP contribution in [-0.2, 0) is 17.3 Å². The third kappa shape index (κ3) is 3.36. The van der Waals surface area contributed by atoms with Crippen molar-refractivity contribution in [2.45, 2.75) is 45.2 Å². The van der Waals surface area contributed by atoms with E-state index < -0.39 is 9.04 Å². The fourth-order valence-corrected chi connectivity index (χ4v) is 3.26. The zero-order valence-corrected chi connectivity index (χ0v) is 13.1. The first-order chi connectivity index (χ1) is 8.77. The SMILES string of the molecule is C[Si](OCC1Cc2cc(O)cc(F)c2C1)C(C)(C)C. The smallest absolute Gasteiger partial charge is 0.213 e. The molecule has 1 N–H and O–H groups in total. The Morgan fingerprint density at radius 2 is 2.05 bits per heavy atom. The van der Waals surface area contributed by atoms with Crippen LogP contribution >= 0.6 is 0 Å². The molecule has 1 aliphatic rings. The summed E-state index contributed by atoms with van der Waals surface area (Å²) in [6.45, 7) is 9.46. The van der Waals surface area contributed by atoms with Gasteiger partial charge in [0.15, 0.2) is 0 Å². The van der Waals surface area contributed by atoms with Gasteiger partial charge in [0.25, 0.3) is 0 Å². The predicted octanol–water partition coefficient (Wildman–Crippen LogP) is 3.68. The van der Waals surface area contributed by atoms with Crippen LogP contribution in [0, 0.1) is 11.7 Å². The van der Waals surface area contributed by atoms with E-state index in [1.165, 1.54) is 6.07 Å². The van der Waals surface area contributed by atoms with Gasteiger partial charge in [0, 0.05) is 12.7 Å². The van der Waals surface area contributed by atoms with E-state index in [0.717, 1.165) is 24.0 Å². The van der Waals surface area contributed by atoms with Crippen molar-refractivity contribution in [1.29, 1.82) is 0 Å². The summed E-state index contributed by atoms with van der Waals surface area (Å²) in [6.07, 6.45) is 1.53. The summed E-state index contributed by atoms with van der Waals surface area (Å²) in [6, 6.07) is 2.88. The van der Waals surface area contributed by atoms with Crippen LogP contribution in [-0.4, -0.2) is 20.8 Å². The first kappa shape index (κ1) is 14.5. The van der Waals surface area contributed by atoms with E-state index in [-0.39, 0.29) is 16.6 Å². The highest BCUT2D eigenvalue weighted by molar-refractivity contribution is 6.53. The molecule has 0 saturated carbocycles. The maximum absolute atomic E-state index is 13.7. The lowest BCUT2D eigenvalue weighted by molar-refractivity contribution is 0.245. The van der Waals surface area contributed by atoms with Crippen LogP contribution in [0.2, 0.25) is 11.6 Å².